The second kappa shape index (κ2) is 5.96. The molecular weight excluding hydrogens is 271 g/mol. The largest absolute Gasteiger partial charge is 0.396 e. The van der Waals surface area contributed by atoms with Gasteiger partial charge in [0.2, 0.25) is 0 Å². The predicted octanol–water partition coefficient (Wildman–Crippen LogP) is 3.06. The van der Waals surface area contributed by atoms with Crippen molar-refractivity contribution in [2.75, 3.05) is 6.61 Å². The molecule has 6 heteroatoms. The van der Waals surface area contributed by atoms with Gasteiger partial charge in [0.05, 0.1) is 0 Å². The molecule has 1 atom stereocenters. The summed E-state index contributed by atoms with van der Waals surface area (Å²) in [5.74, 6) is -1.59. The van der Waals surface area contributed by atoms with Crippen LogP contribution in [0.25, 0.3) is 0 Å². The van der Waals surface area contributed by atoms with Crippen LogP contribution in [-0.4, -0.2) is 11.7 Å². The molecule has 1 aromatic rings. The van der Waals surface area contributed by atoms with E-state index >= 15 is 0 Å². The van der Waals surface area contributed by atoms with Crippen LogP contribution in [0.2, 0.25) is 5.02 Å². The van der Waals surface area contributed by atoms with Gasteiger partial charge in [0.1, 0.15) is 11.6 Å². The maximum absolute atomic E-state index is 13.5. The second-order valence-corrected chi connectivity index (χ2v) is 4.84. The van der Waals surface area contributed by atoms with Crippen LogP contribution in [0.4, 0.5) is 8.78 Å². The van der Waals surface area contributed by atoms with Crippen LogP contribution >= 0.6 is 24.0 Å². The van der Waals surface area contributed by atoms with Crippen molar-refractivity contribution < 1.29 is 13.9 Å². The van der Waals surface area contributed by atoms with Crippen LogP contribution in [0, 0.1) is 17.0 Å². The first kappa shape index (κ1) is 16.6. The van der Waals surface area contributed by atoms with Crippen molar-refractivity contribution in [2.45, 2.75) is 19.9 Å². The van der Waals surface area contributed by atoms with Crippen LogP contribution in [0.3, 0.4) is 0 Å². The van der Waals surface area contributed by atoms with E-state index in [2.05, 4.69) is 0 Å². The molecule has 0 spiro atoms. The molecule has 0 aliphatic rings. The fraction of sp³-hybridized carbons (Fsp3) is 0.455. The van der Waals surface area contributed by atoms with E-state index in [4.69, 9.17) is 22.4 Å². The highest BCUT2D eigenvalue weighted by Gasteiger charge is 2.31. The van der Waals surface area contributed by atoms with Gasteiger partial charge >= 0.3 is 0 Å². The molecule has 0 fully saturated rings. The van der Waals surface area contributed by atoms with Crippen molar-refractivity contribution >= 4 is 24.0 Å². The minimum Gasteiger partial charge on any atom is -0.396 e. The number of nitrogens with two attached hydrogens (primary N) is 1. The molecule has 0 aliphatic heterocycles. The zero-order valence-electron chi connectivity index (χ0n) is 9.51. The maximum atomic E-state index is 13.5. The van der Waals surface area contributed by atoms with E-state index in [-0.39, 0.29) is 29.6 Å². The highest BCUT2D eigenvalue weighted by Crippen LogP contribution is 2.34. The van der Waals surface area contributed by atoms with Gasteiger partial charge in [-0.3, -0.25) is 0 Å². The summed E-state index contributed by atoms with van der Waals surface area (Å²) in [6.07, 6.45) is 0. The average Bonchev–Trinajstić information content (AvgIpc) is 2.15. The first-order valence-corrected chi connectivity index (χ1v) is 5.18. The lowest BCUT2D eigenvalue weighted by molar-refractivity contribution is 0.129. The average molecular weight is 286 g/mol. The zero-order valence-corrected chi connectivity index (χ0v) is 11.1. The Morgan fingerprint density at radius 3 is 2.12 bits per heavy atom. The van der Waals surface area contributed by atoms with Gasteiger partial charge in [0.15, 0.2) is 0 Å². The van der Waals surface area contributed by atoms with Crippen LogP contribution in [0.1, 0.15) is 25.5 Å². The summed E-state index contributed by atoms with van der Waals surface area (Å²) in [6.45, 7) is 2.99. The first-order chi connectivity index (χ1) is 7.29. The SMILES string of the molecule is CC(C)(CO)[C@H](N)c1c(F)cc(Cl)cc1F.Cl. The zero-order chi connectivity index (χ0) is 12.5. The highest BCUT2D eigenvalue weighted by atomic mass is 35.5. The van der Waals surface area contributed by atoms with E-state index in [9.17, 15) is 8.78 Å². The molecule has 0 heterocycles. The van der Waals surface area contributed by atoms with E-state index in [1.165, 1.54) is 0 Å². The maximum Gasteiger partial charge on any atom is 0.132 e. The van der Waals surface area contributed by atoms with Gasteiger partial charge < -0.3 is 10.8 Å². The Bertz CT molecular complexity index is 376. The second-order valence-electron chi connectivity index (χ2n) is 4.41. The van der Waals surface area contributed by atoms with E-state index in [1.807, 2.05) is 0 Å². The van der Waals surface area contributed by atoms with Crippen molar-refractivity contribution in [2.24, 2.45) is 11.1 Å². The summed E-state index contributed by atoms with van der Waals surface area (Å²) in [4.78, 5) is 0. The van der Waals surface area contributed by atoms with Crippen molar-refractivity contribution in [1.82, 2.24) is 0 Å². The third-order valence-electron chi connectivity index (χ3n) is 2.60. The molecule has 0 aromatic heterocycles. The molecule has 17 heavy (non-hydrogen) atoms. The van der Waals surface area contributed by atoms with E-state index in [0.29, 0.717) is 0 Å². The van der Waals surface area contributed by atoms with Crippen LogP contribution in [0.15, 0.2) is 12.1 Å². The lowest BCUT2D eigenvalue weighted by atomic mass is 9.81. The van der Waals surface area contributed by atoms with Gasteiger partial charge in [-0.25, -0.2) is 8.78 Å². The fourth-order valence-electron chi connectivity index (χ4n) is 1.34. The quantitative estimate of drug-likeness (QED) is 0.897. The van der Waals surface area contributed by atoms with E-state index in [0.717, 1.165) is 12.1 Å². The Kier molecular flexibility index (Phi) is 5.81. The number of hydrogen-bond donors (Lipinski definition) is 2. The standard InChI is InChI=1S/C11H14ClF2NO.ClH/c1-11(2,5-16)10(15)9-7(13)3-6(12)4-8(9)14;/h3-4,10,16H,5,15H2,1-2H3;1H/t10-;/m1./s1. The van der Waals surface area contributed by atoms with E-state index < -0.39 is 23.1 Å². The molecule has 1 aromatic carbocycles. The summed E-state index contributed by atoms with van der Waals surface area (Å²) in [7, 11) is 0. The molecule has 0 amide bonds. The number of rotatable bonds is 3. The molecule has 1 rings (SSSR count). The number of aliphatic hydroxyl groups is 1. The molecular formula is C11H15Cl2F2NO. The van der Waals surface area contributed by atoms with Crippen molar-refractivity contribution in [3.63, 3.8) is 0 Å². The van der Waals surface area contributed by atoms with Gasteiger partial charge in [-0.05, 0) is 12.1 Å². The molecule has 0 unspecified atom stereocenters. The van der Waals surface area contributed by atoms with Gasteiger partial charge in [-0.2, -0.15) is 0 Å². The third kappa shape index (κ3) is 3.52. The summed E-state index contributed by atoms with van der Waals surface area (Å²) < 4.78 is 27.1. The van der Waals surface area contributed by atoms with Crippen LogP contribution in [0.5, 0.6) is 0 Å². The Balaban J connectivity index is 0.00000256. The summed E-state index contributed by atoms with van der Waals surface area (Å²) >= 11 is 5.50. The van der Waals surface area contributed by atoms with Gasteiger partial charge in [-0.15, -0.1) is 12.4 Å². The Hall–Kier alpha value is -0.420. The Morgan fingerprint density at radius 2 is 1.76 bits per heavy atom. The summed E-state index contributed by atoms with van der Waals surface area (Å²) in [6, 6.07) is 1.08. The molecule has 2 nitrogen and oxygen atoms in total. The van der Waals surface area contributed by atoms with Gasteiger partial charge in [0, 0.05) is 28.6 Å². The lowest BCUT2D eigenvalue weighted by Crippen LogP contribution is -2.33. The van der Waals surface area contributed by atoms with Crippen molar-refractivity contribution in [3.05, 3.63) is 34.4 Å². The van der Waals surface area contributed by atoms with Crippen LogP contribution < -0.4 is 5.73 Å². The fourth-order valence-corrected chi connectivity index (χ4v) is 1.53. The van der Waals surface area contributed by atoms with Crippen molar-refractivity contribution in [3.8, 4) is 0 Å². The van der Waals surface area contributed by atoms with Crippen LogP contribution in [-0.2, 0) is 0 Å². The molecule has 0 radical (unpaired) electrons. The van der Waals surface area contributed by atoms with E-state index in [1.54, 1.807) is 13.8 Å². The number of benzene rings is 1. The monoisotopic (exact) mass is 285 g/mol. The highest BCUT2D eigenvalue weighted by molar-refractivity contribution is 6.30. The summed E-state index contributed by atoms with van der Waals surface area (Å²) in [5, 5.41) is 9.09. The minimum absolute atomic E-state index is 0. The van der Waals surface area contributed by atoms with Gasteiger partial charge in [0.25, 0.3) is 0 Å². The Morgan fingerprint density at radius 1 is 1.35 bits per heavy atom. The summed E-state index contributed by atoms with van der Waals surface area (Å²) in [5.41, 5.74) is 4.70. The Labute approximate surface area is 110 Å². The minimum atomic E-state index is -0.935. The first-order valence-electron chi connectivity index (χ1n) is 4.80. The van der Waals surface area contributed by atoms with Crippen molar-refractivity contribution in [1.29, 1.82) is 0 Å². The number of halogens is 4. The predicted molar refractivity (Wildman–Crippen MR) is 66.4 cm³/mol. The topological polar surface area (TPSA) is 46.2 Å². The lowest BCUT2D eigenvalue weighted by Gasteiger charge is -2.30. The molecule has 98 valence electrons. The number of aliphatic hydroxyl groups excluding tert-OH is 1. The molecule has 0 bridgehead atoms. The molecule has 0 saturated carbocycles. The third-order valence-corrected chi connectivity index (χ3v) is 2.82. The molecule has 3 N–H and O–H groups in total. The molecule has 0 aliphatic carbocycles. The molecule has 0 saturated heterocycles. The van der Waals surface area contributed by atoms with Gasteiger partial charge in [-0.1, -0.05) is 25.4 Å². The smallest absolute Gasteiger partial charge is 0.132 e. The number of hydrogen-bond acceptors (Lipinski definition) is 2. The normalized spacial score (nSPS) is 13.1.